The van der Waals surface area contributed by atoms with E-state index in [1.165, 1.54) is 4.31 Å². The molecule has 0 amide bonds. The molecule has 0 aliphatic carbocycles. The highest BCUT2D eigenvalue weighted by Crippen LogP contribution is 2.22. The summed E-state index contributed by atoms with van der Waals surface area (Å²) >= 11 is 0. The standard InChI is InChI=1S/C12H24F3N3O2S/c13-12(14,15)4-3-11-21(19,20)18-9-7-17(8-10-18)6-2-1-5-16/h1-11,16H2. The lowest BCUT2D eigenvalue weighted by Gasteiger charge is -2.34. The van der Waals surface area contributed by atoms with E-state index in [-0.39, 0.29) is 6.42 Å². The van der Waals surface area contributed by atoms with Crippen LogP contribution < -0.4 is 5.73 Å². The maximum atomic E-state index is 12.0. The summed E-state index contributed by atoms with van der Waals surface area (Å²) < 4.78 is 61.4. The van der Waals surface area contributed by atoms with E-state index in [4.69, 9.17) is 5.73 Å². The van der Waals surface area contributed by atoms with Crippen molar-refractivity contribution >= 4 is 10.0 Å². The van der Waals surface area contributed by atoms with Gasteiger partial charge in [0.25, 0.3) is 0 Å². The average molecular weight is 331 g/mol. The van der Waals surface area contributed by atoms with Gasteiger partial charge in [0.05, 0.1) is 5.75 Å². The van der Waals surface area contributed by atoms with Crippen LogP contribution in [0.1, 0.15) is 25.7 Å². The largest absolute Gasteiger partial charge is 0.389 e. The molecule has 0 bridgehead atoms. The molecule has 0 aromatic rings. The Morgan fingerprint density at radius 1 is 1.00 bits per heavy atom. The minimum atomic E-state index is -4.29. The third-order valence-electron chi connectivity index (χ3n) is 3.52. The molecule has 0 radical (unpaired) electrons. The third kappa shape index (κ3) is 7.44. The van der Waals surface area contributed by atoms with Crippen molar-refractivity contribution in [1.82, 2.24) is 9.21 Å². The lowest BCUT2D eigenvalue weighted by Crippen LogP contribution is -2.49. The van der Waals surface area contributed by atoms with E-state index in [0.29, 0.717) is 32.7 Å². The van der Waals surface area contributed by atoms with Gasteiger partial charge in [-0.15, -0.1) is 0 Å². The van der Waals surface area contributed by atoms with Crippen LogP contribution in [0.4, 0.5) is 13.2 Å². The van der Waals surface area contributed by atoms with E-state index in [9.17, 15) is 21.6 Å². The average Bonchev–Trinajstić information content (AvgIpc) is 2.38. The maximum absolute atomic E-state index is 12.0. The zero-order valence-corrected chi connectivity index (χ0v) is 12.9. The summed E-state index contributed by atoms with van der Waals surface area (Å²) in [6, 6.07) is 0. The number of halogens is 3. The molecule has 1 fully saturated rings. The Morgan fingerprint density at radius 3 is 2.14 bits per heavy atom. The molecule has 1 saturated heterocycles. The van der Waals surface area contributed by atoms with Crippen LogP contribution in [0.5, 0.6) is 0 Å². The molecular formula is C12H24F3N3O2S. The topological polar surface area (TPSA) is 66.6 Å². The van der Waals surface area contributed by atoms with Gasteiger partial charge in [-0.1, -0.05) is 0 Å². The molecule has 0 atom stereocenters. The molecule has 1 aliphatic heterocycles. The minimum absolute atomic E-state index is 0.358. The lowest BCUT2D eigenvalue weighted by atomic mass is 10.2. The highest BCUT2D eigenvalue weighted by atomic mass is 32.2. The van der Waals surface area contributed by atoms with Gasteiger partial charge in [0.15, 0.2) is 0 Å². The monoisotopic (exact) mass is 331 g/mol. The van der Waals surface area contributed by atoms with E-state index in [1.807, 2.05) is 0 Å². The smallest absolute Gasteiger partial charge is 0.330 e. The summed E-state index contributed by atoms with van der Waals surface area (Å²) in [6.45, 7) is 3.51. The molecule has 0 aromatic carbocycles. The molecule has 2 N–H and O–H groups in total. The molecule has 1 heterocycles. The molecule has 9 heteroatoms. The van der Waals surface area contributed by atoms with Crippen molar-refractivity contribution in [3.63, 3.8) is 0 Å². The second kappa shape index (κ2) is 8.30. The molecule has 0 unspecified atom stereocenters. The van der Waals surface area contributed by atoms with Crippen LogP contribution in [0.25, 0.3) is 0 Å². The van der Waals surface area contributed by atoms with Crippen LogP contribution >= 0.6 is 0 Å². The van der Waals surface area contributed by atoms with E-state index in [2.05, 4.69) is 4.90 Å². The molecule has 0 aromatic heterocycles. The van der Waals surface area contributed by atoms with E-state index in [0.717, 1.165) is 19.4 Å². The predicted octanol–water partition coefficient (Wildman–Crippen LogP) is 1.02. The first-order chi connectivity index (χ1) is 9.74. The van der Waals surface area contributed by atoms with Gasteiger partial charge in [0.2, 0.25) is 10.0 Å². The molecule has 1 aliphatic rings. The predicted molar refractivity (Wildman–Crippen MR) is 75.4 cm³/mol. The van der Waals surface area contributed by atoms with Crippen molar-refractivity contribution in [1.29, 1.82) is 0 Å². The zero-order valence-electron chi connectivity index (χ0n) is 12.1. The molecule has 1 rings (SSSR count). The van der Waals surface area contributed by atoms with Crippen LogP contribution in [0.3, 0.4) is 0 Å². The van der Waals surface area contributed by atoms with Gasteiger partial charge in [-0.2, -0.15) is 17.5 Å². The number of unbranched alkanes of at least 4 members (excludes halogenated alkanes) is 1. The van der Waals surface area contributed by atoms with E-state index >= 15 is 0 Å². The number of hydrogen-bond acceptors (Lipinski definition) is 4. The molecule has 0 spiro atoms. The fourth-order valence-corrected chi connectivity index (χ4v) is 3.78. The van der Waals surface area contributed by atoms with Gasteiger partial charge in [0.1, 0.15) is 0 Å². The Labute approximate surface area is 124 Å². The van der Waals surface area contributed by atoms with Gasteiger partial charge in [-0.05, 0) is 32.4 Å². The second-order valence-corrected chi connectivity index (χ2v) is 7.36. The summed E-state index contributed by atoms with van der Waals surface area (Å²) in [5, 5.41) is 0. The quantitative estimate of drug-likeness (QED) is 0.674. The number of sulfonamides is 1. The number of nitrogens with two attached hydrogens (primary N) is 1. The molecule has 0 saturated carbocycles. The van der Waals surface area contributed by atoms with Gasteiger partial charge in [0, 0.05) is 32.6 Å². The molecular weight excluding hydrogens is 307 g/mol. The summed E-state index contributed by atoms with van der Waals surface area (Å²) in [4.78, 5) is 2.16. The van der Waals surface area contributed by atoms with Crippen molar-refractivity contribution in [2.75, 3.05) is 45.0 Å². The fraction of sp³-hybridized carbons (Fsp3) is 1.00. The second-order valence-electron chi connectivity index (χ2n) is 5.27. The van der Waals surface area contributed by atoms with Gasteiger partial charge in [-0.25, -0.2) is 8.42 Å². The summed E-state index contributed by atoms with van der Waals surface area (Å²) in [6.07, 6.45) is -3.80. The minimum Gasteiger partial charge on any atom is -0.330 e. The fourth-order valence-electron chi connectivity index (χ4n) is 2.30. The SMILES string of the molecule is NCCCCN1CCN(S(=O)(=O)CCCC(F)(F)F)CC1. The van der Waals surface area contributed by atoms with Crippen LogP contribution in [0.2, 0.25) is 0 Å². The van der Waals surface area contributed by atoms with E-state index < -0.39 is 28.4 Å². The number of hydrogen-bond donors (Lipinski definition) is 1. The number of piperazine rings is 1. The van der Waals surface area contributed by atoms with Gasteiger partial charge in [-0.3, -0.25) is 0 Å². The van der Waals surface area contributed by atoms with Crippen LogP contribution in [0.15, 0.2) is 0 Å². The number of alkyl halides is 3. The Morgan fingerprint density at radius 2 is 1.62 bits per heavy atom. The first-order valence-electron chi connectivity index (χ1n) is 7.21. The normalized spacial score (nSPS) is 19.0. The lowest BCUT2D eigenvalue weighted by molar-refractivity contribution is -0.134. The number of nitrogens with zero attached hydrogens (tertiary/aromatic N) is 2. The summed E-state index contributed by atoms with van der Waals surface area (Å²) in [7, 11) is -3.57. The molecule has 126 valence electrons. The summed E-state index contributed by atoms with van der Waals surface area (Å²) in [5.41, 5.74) is 5.41. The van der Waals surface area contributed by atoms with Crippen molar-refractivity contribution in [2.24, 2.45) is 5.73 Å². The Kier molecular flexibility index (Phi) is 7.38. The van der Waals surface area contributed by atoms with Crippen molar-refractivity contribution < 1.29 is 21.6 Å². The van der Waals surface area contributed by atoms with Crippen molar-refractivity contribution in [2.45, 2.75) is 31.9 Å². The van der Waals surface area contributed by atoms with Crippen LogP contribution in [0, 0.1) is 0 Å². The first kappa shape index (κ1) is 18.7. The highest BCUT2D eigenvalue weighted by molar-refractivity contribution is 7.89. The molecule has 5 nitrogen and oxygen atoms in total. The summed E-state index contributed by atoms with van der Waals surface area (Å²) in [5.74, 6) is -0.431. The molecule has 21 heavy (non-hydrogen) atoms. The Bertz CT molecular complexity index is 393. The zero-order chi connectivity index (χ0) is 15.9. The first-order valence-corrected chi connectivity index (χ1v) is 8.82. The van der Waals surface area contributed by atoms with E-state index in [1.54, 1.807) is 0 Å². The highest BCUT2D eigenvalue weighted by Gasteiger charge is 2.30. The third-order valence-corrected chi connectivity index (χ3v) is 5.47. The van der Waals surface area contributed by atoms with Crippen LogP contribution in [-0.4, -0.2) is 68.8 Å². The van der Waals surface area contributed by atoms with Gasteiger partial charge >= 0.3 is 6.18 Å². The Balaban J connectivity index is 2.31. The van der Waals surface area contributed by atoms with Crippen LogP contribution in [-0.2, 0) is 10.0 Å². The Hall–Kier alpha value is -0.380. The number of rotatable bonds is 8. The van der Waals surface area contributed by atoms with Crippen molar-refractivity contribution in [3.05, 3.63) is 0 Å². The van der Waals surface area contributed by atoms with Crippen molar-refractivity contribution in [3.8, 4) is 0 Å². The van der Waals surface area contributed by atoms with Gasteiger partial charge < -0.3 is 10.6 Å². The maximum Gasteiger partial charge on any atom is 0.389 e.